The van der Waals surface area contributed by atoms with Gasteiger partial charge in [0.25, 0.3) is 0 Å². The van der Waals surface area contributed by atoms with E-state index in [0.717, 1.165) is 11.1 Å². The number of nitrogens with zero attached hydrogens (tertiary/aromatic N) is 1. The highest BCUT2D eigenvalue weighted by atomic mass is 35.5. The van der Waals surface area contributed by atoms with Gasteiger partial charge in [-0.15, -0.1) is 0 Å². The van der Waals surface area contributed by atoms with E-state index in [1.807, 2.05) is 30.3 Å². The van der Waals surface area contributed by atoms with Crippen molar-refractivity contribution in [2.45, 2.75) is 19.6 Å². The summed E-state index contributed by atoms with van der Waals surface area (Å²) >= 11 is 11.8. The Kier molecular flexibility index (Phi) is 6.28. The quantitative estimate of drug-likeness (QED) is 0.854. The highest BCUT2D eigenvalue weighted by Crippen LogP contribution is 2.23. The topological polar surface area (TPSA) is 62.1 Å². The van der Waals surface area contributed by atoms with Crippen LogP contribution in [0.5, 0.6) is 5.75 Å². The first-order valence-corrected chi connectivity index (χ1v) is 7.63. The van der Waals surface area contributed by atoms with Crippen LogP contribution < -0.4 is 10.1 Å². The Bertz CT molecular complexity index is 742. The third-order valence-electron chi connectivity index (χ3n) is 3.02. The van der Waals surface area contributed by atoms with Crippen molar-refractivity contribution in [2.75, 3.05) is 0 Å². The van der Waals surface area contributed by atoms with Crippen LogP contribution >= 0.6 is 23.2 Å². The van der Waals surface area contributed by atoms with Gasteiger partial charge >= 0.3 is 0 Å². The number of nitrogens with one attached hydrogen (secondary N) is 1. The second-order valence-corrected chi connectivity index (χ2v) is 5.61. The van der Waals surface area contributed by atoms with E-state index >= 15 is 0 Å². The number of benzene rings is 2. The van der Waals surface area contributed by atoms with Crippen LogP contribution in [0.3, 0.4) is 0 Å². The van der Waals surface area contributed by atoms with E-state index < -0.39 is 0 Å². The van der Waals surface area contributed by atoms with Crippen molar-refractivity contribution in [3.05, 3.63) is 63.6 Å². The van der Waals surface area contributed by atoms with Gasteiger partial charge in [-0.05, 0) is 35.4 Å². The van der Waals surface area contributed by atoms with E-state index in [9.17, 15) is 4.79 Å². The molecule has 0 saturated carbocycles. The van der Waals surface area contributed by atoms with Crippen molar-refractivity contribution < 1.29 is 9.53 Å². The molecule has 0 radical (unpaired) electrons. The van der Waals surface area contributed by atoms with E-state index in [2.05, 4.69) is 5.32 Å². The van der Waals surface area contributed by atoms with Gasteiger partial charge in [0.2, 0.25) is 5.91 Å². The van der Waals surface area contributed by atoms with Crippen molar-refractivity contribution >= 4 is 29.1 Å². The van der Waals surface area contributed by atoms with Gasteiger partial charge in [0.15, 0.2) is 0 Å². The summed E-state index contributed by atoms with van der Waals surface area (Å²) in [7, 11) is 0. The van der Waals surface area contributed by atoms with Gasteiger partial charge in [-0.25, -0.2) is 0 Å². The molecule has 1 N–H and O–H groups in total. The summed E-state index contributed by atoms with van der Waals surface area (Å²) in [6, 6.07) is 14.5. The maximum absolute atomic E-state index is 11.3. The fourth-order valence-corrected chi connectivity index (χ4v) is 2.20. The van der Waals surface area contributed by atoms with E-state index in [-0.39, 0.29) is 12.3 Å². The van der Waals surface area contributed by atoms with E-state index in [4.69, 9.17) is 33.2 Å². The molecular formula is C17H14Cl2N2O2. The van der Waals surface area contributed by atoms with Crippen LogP contribution in [0.15, 0.2) is 42.5 Å². The van der Waals surface area contributed by atoms with Crippen LogP contribution in [0.1, 0.15) is 17.5 Å². The predicted molar refractivity (Wildman–Crippen MR) is 89.3 cm³/mol. The number of nitriles is 1. The second kappa shape index (κ2) is 8.42. The molecule has 2 aromatic rings. The molecule has 6 heteroatoms. The first kappa shape index (κ1) is 17.1. The third-order valence-corrected chi connectivity index (χ3v) is 3.76. The number of hydrogen-bond donors (Lipinski definition) is 1. The van der Waals surface area contributed by atoms with Gasteiger partial charge < -0.3 is 10.1 Å². The molecule has 0 aliphatic heterocycles. The summed E-state index contributed by atoms with van der Waals surface area (Å²) in [4.78, 5) is 11.3. The lowest BCUT2D eigenvalue weighted by atomic mass is 10.2. The smallest absolute Gasteiger partial charge is 0.234 e. The normalized spacial score (nSPS) is 9.96. The van der Waals surface area contributed by atoms with E-state index in [1.54, 1.807) is 18.2 Å². The average Bonchev–Trinajstić information content (AvgIpc) is 2.55. The Morgan fingerprint density at radius 2 is 1.96 bits per heavy atom. The van der Waals surface area contributed by atoms with Crippen LogP contribution in [-0.4, -0.2) is 5.91 Å². The van der Waals surface area contributed by atoms with Crippen molar-refractivity contribution in [1.29, 1.82) is 5.26 Å². The van der Waals surface area contributed by atoms with Gasteiger partial charge in [-0.3, -0.25) is 4.79 Å². The Balaban J connectivity index is 1.93. The molecule has 0 heterocycles. The molecule has 0 aromatic heterocycles. The minimum Gasteiger partial charge on any atom is -0.489 e. The van der Waals surface area contributed by atoms with Crippen molar-refractivity contribution in [3.63, 3.8) is 0 Å². The molecule has 118 valence electrons. The summed E-state index contributed by atoms with van der Waals surface area (Å²) in [5.41, 5.74) is 1.80. The molecular weight excluding hydrogens is 335 g/mol. The van der Waals surface area contributed by atoms with Gasteiger partial charge in [-0.2, -0.15) is 5.26 Å². The van der Waals surface area contributed by atoms with Crippen LogP contribution in [0.25, 0.3) is 0 Å². The molecule has 23 heavy (non-hydrogen) atoms. The number of amides is 1. The maximum Gasteiger partial charge on any atom is 0.234 e. The van der Waals surface area contributed by atoms with E-state index in [0.29, 0.717) is 28.9 Å². The summed E-state index contributed by atoms with van der Waals surface area (Å²) < 4.78 is 5.72. The first-order chi connectivity index (χ1) is 11.1. The minimum atomic E-state index is -0.297. The molecule has 0 aliphatic rings. The first-order valence-electron chi connectivity index (χ1n) is 6.88. The number of carbonyl (C=O) groups excluding carboxylic acids is 1. The molecule has 2 rings (SSSR count). The van der Waals surface area contributed by atoms with Crippen LogP contribution in [0.4, 0.5) is 0 Å². The highest BCUT2D eigenvalue weighted by molar-refractivity contribution is 6.42. The number of hydrogen-bond acceptors (Lipinski definition) is 3. The van der Waals surface area contributed by atoms with E-state index in [1.165, 1.54) is 0 Å². The highest BCUT2D eigenvalue weighted by Gasteiger charge is 2.03. The largest absolute Gasteiger partial charge is 0.489 e. The predicted octanol–water partition coefficient (Wildman–Crippen LogP) is 4.10. The molecule has 0 fully saturated rings. The second-order valence-electron chi connectivity index (χ2n) is 4.80. The molecule has 0 atom stereocenters. The van der Waals surface area contributed by atoms with Crippen molar-refractivity contribution in [2.24, 2.45) is 0 Å². The van der Waals surface area contributed by atoms with Crippen LogP contribution in [0, 0.1) is 11.3 Å². The fraction of sp³-hybridized carbons (Fsp3) is 0.176. The van der Waals surface area contributed by atoms with Crippen LogP contribution in [-0.2, 0) is 17.9 Å². The molecule has 4 nitrogen and oxygen atoms in total. The standard InChI is InChI=1S/C17H14Cl2N2O2/c18-15-5-4-13(9-16(15)19)11-23-14-3-1-2-12(8-14)10-21-17(22)6-7-20/h1-5,8-9H,6,10-11H2,(H,21,22). The molecule has 0 spiro atoms. The SMILES string of the molecule is N#CCC(=O)NCc1cccc(OCc2ccc(Cl)c(Cl)c2)c1. The van der Waals surface area contributed by atoms with Gasteiger partial charge in [0, 0.05) is 6.54 Å². The van der Waals surface area contributed by atoms with Crippen molar-refractivity contribution in [1.82, 2.24) is 5.32 Å². The maximum atomic E-state index is 11.3. The monoisotopic (exact) mass is 348 g/mol. The van der Waals surface area contributed by atoms with Gasteiger partial charge in [-0.1, -0.05) is 41.4 Å². The Labute approximate surface area is 144 Å². The lowest BCUT2D eigenvalue weighted by molar-refractivity contribution is -0.120. The summed E-state index contributed by atoms with van der Waals surface area (Å²) in [6.45, 7) is 0.714. The molecule has 1 amide bonds. The lowest BCUT2D eigenvalue weighted by Gasteiger charge is -2.09. The lowest BCUT2D eigenvalue weighted by Crippen LogP contribution is -2.21. The Hall–Kier alpha value is -2.22. The summed E-state index contributed by atoms with van der Waals surface area (Å²) in [5, 5.41) is 12.1. The molecule has 0 unspecified atom stereocenters. The van der Waals surface area contributed by atoms with Gasteiger partial charge in [0.1, 0.15) is 18.8 Å². The number of halogens is 2. The number of carbonyl (C=O) groups is 1. The summed E-state index contributed by atoms with van der Waals surface area (Å²) in [5.74, 6) is 0.387. The van der Waals surface area contributed by atoms with Crippen LogP contribution in [0.2, 0.25) is 10.0 Å². The molecule has 0 aliphatic carbocycles. The Morgan fingerprint density at radius 3 is 2.70 bits per heavy atom. The zero-order valence-electron chi connectivity index (χ0n) is 12.2. The van der Waals surface area contributed by atoms with Crippen molar-refractivity contribution in [3.8, 4) is 11.8 Å². The van der Waals surface area contributed by atoms with Gasteiger partial charge in [0.05, 0.1) is 16.1 Å². The summed E-state index contributed by atoms with van der Waals surface area (Å²) in [6.07, 6.45) is -0.145. The molecule has 0 bridgehead atoms. The Morgan fingerprint density at radius 1 is 1.13 bits per heavy atom. The number of rotatable bonds is 6. The zero-order chi connectivity index (χ0) is 16.7. The zero-order valence-corrected chi connectivity index (χ0v) is 13.7. The fourth-order valence-electron chi connectivity index (χ4n) is 1.88. The number of ether oxygens (including phenoxy) is 1. The molecule has 2 aromatic carbocycles. The molecule has 0 saturated heterocycles. The average molecular weight is 349 g/mol. The third kappa shape index (κ3) is 5.48. The minimum absolute atomic E-state index is 0.145.